The predicted molar refractivity (Wildman–Crippen MR) is 101 cm³/mol. The van der Waals surface area contributed by atoms with Gasteiger partial charge in [-0.15, -0.1) is 11.3 Å². The minimum Gasteiger partial charge on any atom is -0.346 e. The zero-order valence-corrected chi connectivity index (χ0v) is 15.7. The summed E-state index contributed by atoms with van der Waals surface area (Å²) < 4.78 is 0. The van der Waals surface area contributed by atoms with E-state index in [1.54, 1.807) is 11.3 Å². The van der Waals surface area contributed by atoms with Gasteiger partial charge in [0, 0.05) is 36.6 Å². The standard InChI is InChI=1S/C19H26N4OS/c1-19(2)13-23(9-8-16(19)20)11-15-12-25-17(22-15)10-21-18(24)14-6-4-3-5-7-14/h3-7,12,16H,8-11,13,20H2,1-2H3,(H,21,24). The molecule has 5 nitrogen and oxygen atoms in total. The minimum atomic E-state index is -0.0656. The summed E-state index contributed by atoms with van der Waals surface area (Å²) in [6.45, 7) is 7.78. The zero-order chi connectivity index (χ0) is 17.9. The van der Waals surface area contributed by atoms with Crippen molar-refractivity contribution in [3.8, 4) is 0 Å². The van der Waals surface area contributed by atoms with Crippen LogP contribution in [0, 0.1) is 5.41 Å². The second-order valence-electron chi connectivity index (χ2n) is 7.38. The predicted octanol–water partition coefficient (Wildman–Crippen LogP) is 2.63. The molecule has 1 atom stereocenters. The third-order valence-corrected chi connectivity index (χ3v) is 5.71. The lowest BCUT2D eigenvalue weighted by Gasteiger charge is -2.42. The number of amides is 1. The van der Waals surface area contributed by atoms with Gasteiger partial charge in [0.1, 0.15) is 5.01 Å². The summed E-state index contributed by atoms with van der Waals surface area (Å²) in [5, 5.41) is 5.96. The molecule has 134 valence electrons. The highest BCUT2D eigenvalue weighted by molar-refractivity contribution is 7.09. The van der Waals surface area contributed by atoms with Crippen LogP contribution in [0.4, 0.5) is 0 Å². The number of carbonyl (C=O) groups is 1. The van der Waals surface area contributed by atoms with Crippen LogP contribution in [-0.4, -0.2) is 34.9 Å². The highest BCUT2D eigenvalue weighted by atomic mass is 32.1. The Kier molecular flexibility index (Phi) is 5.51. The average Bonchev–Trinajstić information content (AvgIpc) is 3.04. The molecule has 1 aromatic carbocycles. The number of carbonyl (C=O) groups excluding carboxylic acids is 1. The molecule has 0 spiro atoms. The number of thiazole rings is 1. The smallest absolute Gasteiger partial charge is 0.251 e. The molecule has 1 aliphatic rings. The van der Waals surface area contributed by atoms with Crippen molar-refractivity contribution >= 4 is 17.2 Å². The fourth-order valence-corrected chi connectivity index (χ4v) is 3.92. The normalized spacial score (nSPS) is 20.4. The van der Waals surface area contributed by atoms with Crippen molar-refractivity contribution in [2.75, 3.05) is 13.1 Å². The zero-order valence-electron chi connectivity index (χ0n) is 14.9. The summed E-state index contributed by atoms with van der Waals surface area (Å²) in [5.74, 6) is -0.0656. The lowest BCUT2D eigenvalue weighted by atomic mass is 9.80. The Hall–Kier alpha value is -1.76. The Morgan fingerprint density at radius 2 is 2.16 bits per heavy atom. The summed E-state index contributed by atoms with van der Waals surface area (Å²) in [4.78, 5) is 19.2. The monoisotopic (exact) mass is 358 g/mol. The molecular formula is C19H26N4OS. The topological polar surface area (TPSA) is 71.2 Å². The molecule has 1 saturated heterocycles. The molecule has 25 heavy (non-hydrogen) atoms. The number of hydrogen-bond acceptors (Lipinski definition) is 5. The van der Waals surface area contributed by atoms with Crippen molar-refractivity contribution < 1.29 is 4.79 Å². The Morgan fingerprint density at radius 3 is 2.88 bits per heavy atom. The van der Waals surface area contributed by atoms with Gasteiger partial charge in [-0.05, 0) is 24.0 Å². The molecular weight excluding hydrogens is 332 g/mol. The lowest BCUT2D eigenvalue weighted by molar-refractivity contribution is 0.0889. The molecule has 2 aromatic rings. The highest BCUT2D eigenvalue weighted by Crippen LogP contribution is 2.28. The van der Waals surface area contributed by atoms with Gasteiger partial charge in [-0.1, -0.05) is 32.0 Å². The maximum atomic E-state index is 12.1. The average molecular weight is 359 g/mol. The number of likely N-dealkylation sites (tertiary alicyclic amines) is 1. The minimum absolute atomic E-state index is 0.0656. The van der Waals surface area contributed by atoms with Gasteiger partial charge >= 0.3 is 0 Å². The summed E-state index contributed by atoms with van der Waals surface area (Å²) >= 11 is 1.60. The third-order valence-electron chi connectivity index (χ3n) is 4.81. The Labute approximate surface area is 153 Å². The number of nitrogens with two attached hydrogens (primary N) is 1. The molecule has 2 heterocycles. The van der Waals surface area contributed by atoms with E-state index in [2.05, 4.69) is 34.4 Å². The molecule has 1 amide bonds. The van der Waals surface area contributed by atoms with E-state index in [4.69, 9.17) is 5.73 Å². The first kappa shape index (κ1) is 18.0. The van der Waals surface area contributed by atoms with Crippen LogP contribution in [0.3, 0.4) is 0 Å². The summed E-state index contributed by atoms with van der Waals surface area (Å²) in [6, 6.07) is 9.52. The van der Waals surface area contributed by atoms with E-state index in [0.29, 0.717) is 12.1 Å². The maximum Gasteiger partial charge on any atom is 0.251 e. The van der Waals surface area contributed by atoms with Gasteiger partial charge in [0.05, 0.1) is 12.2 Å². The molecule has 0 aliphatic carbocycles. The van der Waals surface area contributed by atoms with Crippen LogP contribution in [-0.2, 0) is 13.1 Å². The van der Waals surface area contributed by atoms with Crippen LogP contribution in [0.15, 0.2) is 35.7 Å². The molecule has 3 N–H and O–H groups in total. The van der Waals surface area contributed by atoms with Crippen molar-refractivity contribution in [2.24, 2.45) is 11.1 Å². The first-order valence-corrected chi connectivity index (χ1v) is 9.56. The molecule has 3 rings (SSSR count). The molecule has 1 unspecified atom stereocenters. The Morgan fingerprint density at radius 1 is 1.40 bits per heavy atom. The number of piperidine rings is 1. The maximum absolute atomic E-state index is 12.1. The summed E-state index contributed by atoms with van der Waals surface area (Å²) in [7, 11) is 0. The second-order valence-corrected chi connectivity index (χ2v) is 8.32. The molecule has 0 saturated carbocycles. The van der Waals surface area contributed by atoms with Crippen LogP contribution in [0.25, 0.3) is 0 Å². The molecule has 0 bridgehead atoms. The number of nitrogens with one attached hydrogen (secondary N) is 1. The number of nitrogens with zero attached hydrogens (tertiary/aromatic N) is 2. The number of benzene rings is 1. The van der Waals surface area contributed by atoms with Crippen LogP contribution < -0.4 is 11.1 Å². The fourth-order valence-electron chi connectivity index (χ4n) is 3.20. The summed E-state index contributed by atoms with van der Waals surface area (Å²) in [6.07, 6.45) is 1.02. The SMILES string of the molecule is CC1(C)CN(Cc2csc(CNC(=O)c3ccccc3)n2)CCC1N. The first-order chi connectivity index (χ1) is 11.9. The molecule has 6 heteroatoms. The molecule has 0 radical (unpaired) electrons. The first-order valence-electron chi connectivity index (χ1n) is 8.68. The van der Waals surface area contributed by atoms with E-state index in [9.17, 15) is 4.79 Å². The van der Waals surface area contributed by atoms with Crippen LogP contribution in [0.1, 0.15) is 41.3 Å². The van der Waals surface area contributed by atoms with E-state index < -0.39 is 0 Å². The van der Waals surface area contributed by atoms with E-state index >= 15 is 0 Å². The lowest BCUT2D eigenvalue weighted by Crippen LogP contribution is -2.52. The van der Waals surface area contributed by atoms with Gasteiger partial charge in [0.25, 0.3) is 5.91 Å². The van der Waals surface area contributed by atoms with Crippen molar-refractivity contribution in [3.05, 3.63) is 52.0 Å². The van der Waals surface area contributed by atoms with Crippen LogP contribution in [0.5, 0.6) is 0 Å². The highest BCUT2D eigenvalue weighted by Gasteiger charge is 2.33. The van der Waals surface area contributed by atoms with E-state index in [0.717, 1.165) is 36.8 Å². The fraction of sp³-hybridized carbons (Fsp3) is 0.474. The van der Waals surface area contributed by atoms with Gasteiger partial charge < -0.3 is 11.1 Å². The number of rotatable bonds is 5. The van der Waals surface area contributed by atoms with Crippen LogP contribution >= 0.6 is 11.3 Å². The van der Waals surface area contributed by atoms with E-state index in [1.165, 1.54) is 0 Å². The van der Waals surface area contributed by atoms with Gasteiger partial charge in [-0.3, -0.25) is 9.69 Å². The van der Waals surface area contributed by atoms with Gasteiger partial charge in [-0.25, -0.2) is 4.98 Å². The van der Waals surface area contributed by atoms with E-state index in [-0.39, 0.29) is 17.4 Å². The van der Waals surface area contributed by atoms with Gasteiger partial charge in [0.15, 0.2) is 0 Å². The van der Waals surface area contributed by atoms with E-state index in [1.807, 2.05) is 30.3 Å². The molecule has 1 aliphatic heterocycles. The second kappa shape index (κ2) is 7.64. The molecule has 1 fully saturated rings. The Bertz CT molecular complexity index is 713. The van der Waals surface area contributed by atoms with Crippen LogP contribution in [0.2, 0.25) is 0 Å². The van der Waals surface area contributed by atoms with Gasteiger partial charge in [0.2, 0.25) is 0 Å². The summed E-state index contributed by atoms with van der Waals surface area (Å²) in [5.41, 5.74) is 8.09. The third kappa shape index (κ3) is 4.66. The quantitative estimate of drug-likeness (QED) is 0.862. The van der Waals surface area contributed by atoms with Crippen molar-refractivity contribution in [1.29, 1.82) is 0 Å². The number of hydrogen-bond donors (Lipinski definition) is 2. The van der Waals surface area contributed by atoms with Crippen molar-refractivity contribution in [2.45, 2.75) is 39.4 Å². The van der Waals surface area contributed by atoms with Crippen molar-refractivity contribution in [3.63, 3.8) is 0 Å². The molecule has 1 aromatic heterocycles. The Balaban J connectivity index is 1.52. The number of aromatic nitrogens is 1. The van der Waals surface area contributed by atoms with Gasteiger partial charge in [-0.2, -0.15) is 0 Å². The van der Waals surface area contributed by atoms with Crippen molar-refractivity contribution in [1.82, 2.24) is 15.2 Å². The largest absolute Gasteiger partial charge is 0.346 e.